The predicted octanol–water partition coefficient (Wildman–Crippen LogP) is 6.05. The number of imidazole rings is 1. The van der Waals surface area contributed by atoms with Crippen LogP contribution in [0.4, 0.5) is 11.5 Å². The lowest BCUT2D eigenvalue weighted by molar-refractivity contribution is 0.475. The summed E-state index contributed by atoms with van der Waals surface area (Å²) in [7, 11) is 0. The highest BCUT2D eigenvalue weighted by Gasteiger charge is 2.16. The average Bonchev–Trinajstić information content (AvgIpc) is 3.01. The number of nitrogens with zero attached hydrogens (tertiary/aromatic N) is 4. The topological polar surface area (TPSA) is 62.2 Å². The van der Waals surface area contributed by atoms with Gasteiger partial charge in [0.1, 0.15) is 17.1 Å². The first-order chi connectivity index (χ1) is 13.0. The zero-order valence-electron chi connectivity index (χ0n) is 15.5. The third-order valence-corrected chi connectivity index (χ3v) is 4.57. The van der Waals surface area contributed by atoms with E-state index in [1.807, 2.05) is 29.7 Å². The summed E-state index contributed by atoms with van der Waals surface area (Å²) in [4.78, 5) is 4.87. The van der Waals surface area contributed by atoms with Crippen LogP contribution in [0.2, 0.25) is 0 Å². The van der Waals surface area contributed by atoms with Crippen LogP contribution in [0, 0.1) is 20.8 Å². The molecule has 0 bridgehead atoms. The lowest BCUT2D eigenvalue weighted by Crippen LogP contribution is -1.86. The molecule has 4 aromatic rings. The molecule has 0 aliphatic rings. The molecule has 0 amide bonds. The number of azo groups is 1. The number of aryl methyl sites for hydroxylation is 3. The van der Waals surface area contributed by atoms with Crippen LogP contribution >= 0.6 is 0 Å². The number of phenolic OH excluding ortho intramolecular Hbond substituents is 1. The number of benzene rings is 2. The lowest BCUT2D eigenvalue weighted by atomic mass is 10.0. The smallest absolute Gasteiger partial charge is 0.187 e. The SMILES string of the molecule is Cc1ccc(-c2nc3c(C)cccn3c2N=Nc2ccc(O)cc2)c(C)c1. The Morgan fingerprint density at radius 1 is 0.889 bits per heavy atom. The van der Waals surface area contributed by atoms with Crippen LogP contribution in [-0.4, -0.2) is 14.5 Å². The average molecular weight is 356 g/mol. The normalized spacial score (nSPS) is 11.5. The third kappa shape index (κ3) is 3.19. The fourth-order valence-corrected chi connectivity index (χ4v) is 3.17. The Bertz CT molecular complexity index is 1160. The van der Waals surface area contributed by atoms with Crippen LogP contribution in [0.1, 0.15) is 16.7 Å². The molecule has 5 nitrogen and oxygen atoms in total. The molecular formula is C22H20N4O. The van der Waals surface area contributed by atoms with Crippen molar-refractivity contribution < 1.29 is 5.11 Å². The molecule has 4 rings (SSSR count). The molecule has 2 aromatic carbocycles. The van der Waals surface area contributed by atoms with Crippen LogP contribution in [0.3, 0.4) is 0 Å². The van der Waals surface area contributed by atoms with Gasteiger partial charge in [0.2, 0.25) is 0 Å². The first-order valence-electron chi connectivity index (χ1n) is 8.79. The number of pyridine rings is 1. The van der Waals surface area contributed by atoms with Gasteiger partial charge >= 0.3 is 0 Å². The minimum absolute atomic E-state index is 0.204. The molecule has 1 N–H and O–H groups in total. The first kappa shape index (κ1) is 17.0. The summed E-state index contributed by atoms with van der Waals surface area (Å²) in [6.07, 6.45) is 1.95. The maximum Gasteiger partial charge on any atom is 0.187 e. The van der Waals surface area contributed by atoms with E-state index in [0.717, 1.165) is 28.0 Å². The second kappa shape index (κ2) is 6.68. The van der Waals surface area contributed by atoms with E-state index in [-0.39, 0.29) is 5.75 Å². The van der Waals surface area contributed by atoms with Gasteiger partial charge in [-0.25, -0.2) is 4.98 Å². The number of aromatic hydroxyl groups is 1. The van der Waals surface area contributed by atoms with Crippen molar-refractivity contribution in [1.29, 1.82) is 0 Å². The van der Waals surface area contributed by atoms with E-state index in [1.165, 1.54) is 5.56 Å². The highest BCUT2D eigenvalue weighted by Crippen LogP contribution is 2.35. The summed E-state index contributed by atoms with van der Waals surface area (Å²) in [6.45, 7) is 6.20. The van der Waals surface area contributed by atoms with Gasteiger partial charge in [-0.3, -0.25) is 4.40 Å². The number of phenols is 1. The van der Waals surface area contributed by atoms with Gasteiger partial charge in [0, 0.05) is 11.8 Å². The van der Waals surface area contributed by atoms with Gasteiger partial charge in [-0.05, 0) is 62.2 Å². The molecule has 5 heteroatoms. The van der Waals surface area contributed by atoms with Crippen molar-refractivity contribution in [3.8, 4) is 17.0 Å². The number of rotatable bonds is 3. The van der Waals surface area contributed by atoms with E-state index < -0.39 is 0 Å². The summed E-state index contributed by atoms with van der Waals surface area (Å²) < 4.78 is 1.97. The second-order valence-corrected chi connectivity index (χ2v) is 6.70. The minimum atomic E-state index is 0.204. The van der Waals surface area contributed by atoms with Gasteiger partial charge in [0.15, 0.2) is 5.82 Å². The van der Waals surface area contributed by atoms with Gasteiger partial charge < -0.3 is 5.11 Å². The largest absolute Gasteiger partial charge is 0.508 e. The molecule has 0 saturated carbocycles. The minimum Gasteiger partial charge on any atom is -0.508 e. The number of aromatic nitrogens is 2. The molecule has 0 saturated heterocycles. The molecule has 0 radical (unpaired) electrons. The monoisotopic (exact) mass is 356 g/mol. The summed E-state index contributed by atoms with van der Waals surface area (Å²) in [5.74, 6) is 0.893. The zero-order chi connectivity index (χ0) is 19.0. The van der Waals surface area contributed by atoms with Crippen LogP contribution in [0.15, 0.2) is 71.0 Å². The second-order valence-electron chi connectivity index (χ2n) is 6.70. The Morgan fingerprint density at radius 3 is 2.41 bits per heavy atom. The predicted molar refractivity (Wildman–Crippen MR) is 107 cm³/mol. The van der Waals surface area contributed by atoms with Gasteiger partial charge in [-0.1, -0.05) is 29.8 Å². The van der Waals surface area contributed by atoms with E-state index >= 15 is 0 Å². The summed E-state index contributed by atoms with van der Waals surface area (Å²) in [6, 6.07) is 17.0. The fourth-order valence-electron chi connectivity index (χ4n) is 3.17. The highest BCUT2D eigenvalue weighted by molar-refractivity contribution is 5.77. The zero-order valence-corrected chi connectivity index (χ0v) is 15.5. The summed E-state index contributed by atoms with van der Waals surface area (Å²) in [5, 5.41) is 18.3. The first-order valence-corrected chi connectivity index (χ1v) is 8.79. The Balaban J connectivity index is 1.91. The molecule has 2 heterocycles. The van der Waals surface area contributed by atoms with Crippen molar-refractivity contribution in [2.75, 3.05) is 0 Å². The molecule has 2 aromatic heterocycles. The van der Waals surface area contributed by atoms with Crippen molar-refractivity contribution >= 4 is 17.2 Å². The van der Waals surface area contributed by atoms with E-state index in [2.05, 4.69) is 42.3 Å². The lowest BCUT2D eigenvalue weighted by Gasteiger charge is -2.05. The highest BCUT2D eigenvalue weighted by atomic mass is 16.3. The molecule has 27 heavy (non-hydrogen) atoms. The van der Waals surface area contributed by atoms with E-state index in [1.54, 1.807) is 24.3 Å². The molecule has 0 aliphatic carbocycles. The van der Waals surface area contributed by atoms with Gasteiger partial charge in [0.25, 0.3) is 0 Å². The molecule has 0 unspecified atom stereocenters. The van der Waals surface area contributed by atoms with Crippen LogP contribution in [0.25, 0.3) is 16.9 Å². The van der Waals surface area contributed by atoms with Crippen molar-refractivity contribution in [1.82, 2.24) is 9.38 Å². The van der Waals surface area contributed by atoms with Crippen molar-refractivity contribution in [3.63, 3.8) is 0 Å². The number of hydrogen-bond acceptors (Lipinski definition) is 4. The number of fused-ring (bicyclic) bond motifs is 1. The fraction of sp³-hybridized carbons (Fsp3) is 0.136. The summed E-state index contributed by atoms with van der Waals surface area (Å²) >= 11 is 0. The van der Waals surface area contributed by atoms with E-state index in [9.17, 15) is 5.11 Å². The molecule has 0 aliphatic heterocycles. The molecule has 0 fully saturated rings. The standard InChI is InChI=1S/C22H20N4O/c1-14-6-11-19(16(3)13-14)20-22(25-24-17-7-9-18(27)10-8-17)26-12-4-5-15(2)21(26)23-20/h4-13,27H,1-3H3. The molecule has 0 spiro atoms. The maximum atomic E-state index is 9.44. The maximum absolute atomic E-state index is 9.44. The number of hydrogen-bond donors (Lipinski definition) is 1. The van der Waals surface area contributed by atoms with Crippen LogP contribution < -0.4 is 0 Å². The Kier molecular flexibility index (Phi) is 4.20. The Labute approximate surface area is 157 Å². The Hall–Kier alpha value is -3.47. The van der Waals surface area contributed by atoms with Crippen molar-refractivity contribution in [3.05, 3.63) is 77.5 Å². The summed E-state index contributed by atoms with van der Waals surface area (Å²) in [5.41, 5.74) is 6.83. The molecule has 0 atom stereocenters. The Morgan fingerprint density at radius 2 is 1.67 bits per heavy atom. The van der Waals surface area contributed by atoms with Crippen molar-refractivity contribution in [2.24, 2.45) is 10.2 Å². The van der Waals surface area contributed by atoms with Gasteiger partial charge in [-0.15, -0.1) is 10.2 Å². The third-order valence-electron chi connectivity index (χ3n) is 4.57. The van der Waals surface area contributed by atoms with Crippen LogP contribution in [-0.2, 0) is 0 Å². The van der Waals surface area contributed by atoms with E-state index in [4.69, 9.17) is 4.98 Å². The van der Waals surface area contributed by atoms with Crippen molar-refractivity contribution in [2.45, 2.75) is 20.8 Å². The molecule has 134 valence electrons. The quantitative estimate of drug-likeness (QED) is 0.454. The van der Waals surface area contributed by atoms with Crippen LogP contribution in [0.5, 0.6) is 5.75 Å². The van der Waals surface area contributed by atoms with Gasteiger partial charge in [-0.2, -0.15) is 0 Å². The molecular weight excluding hydrogens is 336 g/mol. The van der Waals surface area contributed by atoms with E-state index in [0.29, 0.717) is 11.5 Å². The van der Waals surface area contributed by atoms with Gasteiger partial charge in [0.05, 0.1) is 5.69 Å².